The van der Waals surface area contributed by atoms with Gasteiger partial charge >= 0.3 is 0 Å². The molecule has 0 spiro atoms. The number of fused-ring (bicyclic) bond motifs is 2. The first-order valence-corrected chi connectivity index (χ1v) is 6.77. The molecule has 0 fully saturated rings. The molecule has 3 aromatic heterocycles. The fourth-order valence-corrected chi connectivity index (χ4v) is 2.61. The Morgan fingerprint density at radius 2 is 2.24 bits per heavy atom. The lowest BCUT2D eigenvalue weighted by molar-refractivity contribution is 0.780. The Bertz CT molecular complexity index is 955. The van der Waals surface area contributed by atoms with Gasteiger partial charge in [0, 0.05) is 30.5 Å². The van der Waals surface area contributed by atoms with Gasteiger partial charge in [0.05, 0.1) is 16.1 Å². The van der Waals surface area contributed by atoms with Crippen LogP contribution in [0.15, 0.2) is 36.7 Å². The highest BCUT2D eigenvalue weighted by molar-refractivity contribution is 6.35. The quantitative estimate of drug-likeness (QED) is 0.596. The lowest BCUT2D eigenvalue weighted by Crippen LogP contribution is -1.92. The van der Waals surface area contributed by atoms with Crippen molar-refractivity contribution in [3.63, 3.8) is 0 Å². The third kappa shape index (κ3) is 2.00. The molecule has 1 aromatic carbocycles. The maximum atomic E-state index is 6.30. The van der Waals surface area contributed by atoms with E-state index in [0.717, 1.165) is 27.6 Å². The van der Waals surface area contributed by atoms with Gasteiger partial charge in [-0.2, -0.15) is 10.2 Å². The molecule has 104 valence electrons. The zero-order valence-corrected chi connectivity index (χ0v) is 11.9. The van der Waals surface area contributed by atoms with Crippen LogP contribution in [-0.4, -0.2) is 25.0 Å². The SMILES string of the molecule is Cn1cc2c(Cl)cc(Nc3n[nH]c4cccnc34)cc2n1. The number of halogens is 1. The second kappa shape index (κ2) is 4.46. The lowest BCUT2D eigenvalue weighted by atomic mass is 10.2. The highest BCUT2D eigenvalue weighted by Gasteiger charge is 2.10. The summed E-state index contributed by atoms with van der Waals surface area (Å²) >= 11 is 6.30. The van der Waals surface area contributed by atoms with Crippen LogP contribution < -0.4 is 5.32 Å². The predicted octanol–water partition coefficient (Wildman–Crippen LogP) is 3.24. The Hall–Kier alpha value is -2.60. The smallest absolute Gasteiger partial charge is 0.178 e. The second-order valence-electron chi connectivity index (χ2n) is 4.79. The topological polar surface area (TPSA) is 71.4 Å². The number of rotatable bonds is 2. The number of nitrogens with one attached hydrogen (secondary N) is 2. The van der Waals surface area contributed by atoms with E-state index in [1.165, 1.54) is 0 Å². The van der Waals surface area contributed by atoms with Crippen LogP contribution in [-0.2, 0) is 7.05 Å². The van der Waals surface area contributed by atoms with Crippen LogP contribution in [0.2, 0.25) is 5.02 Å². The van der Waals surface area contributed by atoms with Crippen LogP contribution in [0.1, 0.15) is 0 Å². The van der Waals surface area contributed by atoms with Gasteiger partial charge in [0.15, 0.2) is 5.82 Å². The first-order valence-electron chi connectivity index (χ1n) is 6.40. The van der Waals surface area contributed by atoms with E-state index in [9.17, 15) is 0 Å². The van der Waals surface area contributed by atoms with E-state index >= 15 is 0 Å². The molecule has 6 nitrogen and oxygen atoms in total. The van der Waals surface area contributed by atoms with Gasteiger partial charge in [-0.25, -0.2) is 0 Å². The number of aryl methyl sites for hydroxylation is 1. The molecule has 7 heteroatoms. The molecule has 0 radical (unpaired) electrons. The van der Waals surface area contributed by atoms with Gasteiger partial charge in [-0.05, 0) is 24.3 Å². The van der Waals surface area contributed by atoms with Crippen molar-refractivity contribution >= 4 is 45.0 Å². The van der Waals surface area contributed by atoms with Gasteiger partial charge in [0.25, 0.3) is 0 Å². The molecule has 0 amide bonds. The minimum absolute atomic E-state index is 0.649. The van der Waals surface area contributed by atoms with Crippen molar-refractivity contribution in [2.75, 3.05) is 5.32 Å². The Kier molecular flexibility index (Phi) is 2.58. The summed E-state index contributed by atoms with van der Waals surface area (Å²) in [6.45, 7) is 0. The number of nitrogens with zero attached hydrogens (tertiary/aromatic N) is 4. The molecular weight excluding hydrogens is 288 g/mol. The molecule has 21 heavy (non-hydrogen) atoms. The largest absolute Gasteiger partial charge is 0.337 e. The number of pyridine rings is 1. The van der Waals surface area contributed by atoms with E-state index in [1.807, 2.05) is 37.5 Å². The van der Waals surface area contributed by atoms with E-state index in [4.69, 9.17) is 11.6 Å². The maximum Gasteiger partial charge on any atom is 0.178 e. The maximum absolute atomic E-state index is 6.30. The van der Waals surface area contributed by atoms with Gasteiger partial charge in [0.1, 0.15) is 5.52 Å². The van der Waals surface area contributed by atoms with Crippen molar-refractivity contribution in [1.29, 1.82) is 0 Å². The van der Waals surface area contributed by atoms with Gasteiger partial charge in [-0.1, -0.05) is 11.6 Å². The predicted molar refractivity (Wildman–Crippen MR) is 82.9 cm³/mol. The zero-order valence-electron chi connectivity index (χ0n) is 11.1. The molecule has 2 N–H and O–H groups in total. The van der Waals surface area contributed by atoms with Crippen LogP contribution in [0.25, 0.3) is 21.9 Å². The number of H-pyrrole nitrogens is 1. The standard InChI is InChI=1S/C14H11ClN6/c1-21-7-9-10(15)5-8(6-12(9)20-21)17-14-13-11(18-19-14)3-2-4-16-13/h2-7H,1H3,(H2,17,18,19). The molecule has 0 aliphatic rings. The Balaban J connectivity index is 1.80. The number of benzene rings is 1. The Morgan fingerprint density at radius 1 is 1.33 bits per heavy atom. The summed E-state index contributed by atoms with van der Waals surface area (Å²) in [7, 11) is 1.87. The minimum atomic E-state index is 0.649. The Labute approximate surface area is 124 Å². The molecule has 0 aliphatic carbocycles. The van der Waals surface area contributed by atoms with E-state index in [2.05, 4.69) is 25.6 Å². The number of hydrogen-bond donors (Lipinski definition) is 2. The molecular formula is C14H11ClN6. The fraction of sp³-hybridized carbons (Fsp3) is 0.0714. The molecule has 3 heterocycles. The van der Waals surface area contributed by atoms with Gasteiger partial charge in [-0.15, -0.1) is 0 Å². The lowest BCUT2D eigenvalue weighted by Gasteiger charge is -2.04. The summed E-state index contributed by atoms with van der Waals surface area (Å²) in [4.78, 5) is 4.32. The fourth-order valence-electron chi connectivity index (χ4n) is 2.35. The summed E-state index contributed by atoms with van der Waals surface area (Å²) in [6, 6.07) is 7.58. The van der Waals surface area contributed by atoms with Crippen LogP contribution in [0.4, 0.5) is 11.5 Å². The van der Waals surface area contributed by atoms with Crippen molar-refractivity contribution in [3.8, 4) is 0 Å². The Morgan fingerprint density at radius 3 is 3.14 bits per heavy atom. The summed E-state index contributed by atoms with van der Waals surface area (Å²) in [6.07, 6.45) is 3.63. The summed E-state index contributed by atoms with van der Waals surface area (Å²) in [5.74, 6) is 0.664. The molecule has 0 saturated carbocycles. The van der Waals surface area contributed by atoms with Crippen molar-refractivity contribution in [3.05, 3.63) is 41.7 Å². The molecule has 0 saturated heterocycles. The van der Waals surface area contributed by atoms with Crippen molar-refractivity contribution in [2.24, 2.45) is 7.05 Å². The van der Waals surface area contributed by atoms with Gasteiger partial charge < -0.3 is 5.32 Å². The number of anilines is 2. The summed E-state index contributed by atoms with van der Waals surface area (Å²) < 4.78 is 1.74. The van der Waals surface area contributed by atoms with E-state index in [0.29, 0.717) is 10.8 Å². The van der Waals surface area contributed by atoms with Crippen LogP contribution in [0.5, 0.6) is 0 Å². The molecule has 4 aromatic rings. The molecule has 0 aliphatic heterocycles. The van der Waals surface area contributed by atoms with Crippen LogP contribution in [0.3, 0.4) is 0 Å². The van der Waals surface area contributed by atoms with Gasteiger partial charge in [0.2, 0.25) is 0 Å². The first kappa shape index (κ1) is 12.2. The second-order valence-corrected chi connectivity index (χ2v) is 5.20. The van der Waals surface area contributed by atoms with Gasteiger partial charge in [-0.3, -0.25) is 14.8 Å². The third-order valence-electron chi connectivity index (χ3n) is 3.27. The monoisotopic (exact) mass is 298 g/mol. The highest BCUT2D eigenvalue weighted by atomic mass is 35.5. The molecule has 0 atom stereocenters. The zero-order chi connectivity index (χ0) is 14.4. The van der Waals surface area contributed by atoms with E-state index in [-0.39, 0.29) is 0 Å². The average Bonchev–Trinajstić information content (AvgIpc) is 3.03. The molecule has 0 unspecified atom stereocenters. The average molecular weight is 299 g/mol. The molecule has 0 bridgehead atoms. The normalized spacial score (nSPS) is 11.3. The van der Waals surface area contributed by atoms with Crippen LogP contribution in [0, 0.1) is 0 Å². The summed E-state index contributed by atoms with van der Waals surface area (Å²) in [5, 5.41) is 16.4. The van der Waals surface area contributed by atoms with E-state index < -0.39 is 0 Å². The highest BCUT2D eigenvalue weighted by Crippen LogP contribution is 2.29. The summed E-state index contributed by atoms with van der Waals surface area (Å²) in [5.41, 5.74) is 3.32. The minimum Gasteiger partial charge on any atom is -0.337 e. The number of aromatic nitrogens is 5. The van der Waals surface area contributed by atoms with Crippen LogP contribution >= 0.6 is 11.6 Å². The molecule has 4 rings (SSSR count). The third-order valence-corrected chi connectivity index (χ3v) is 3.58. The van der Waals surface area contributed by atoms with Crippen molar-refractivity contribution in [1.82, 2.24) is 25.0 Å². The first-order chi connectivity index (χ1) is 10.2. The van der Waals surface area contributed by atoms with Crippen molar-refractivity contribution in [2.45, 2.75) is 0 Å². The number of aromatic amines is 1. The van der Waals surface area contributed by atoms with E-state index in [1.54, 1.807) is 10.9 Å². The number of hydrogen-bond acceptors (Lipinski definition) is 4. The van der Waals surface area contributed by atoms with Crippen molar-refractivity contribution < 1.29 is 0 Å².